The van der Waals surface area contributed by atoms with E-state index in [2.05, 4.69) is 22.6 Å². The molecule has 0 aromatic carbocycles. The minimum Gasteiger partial charge on any atom is -0.241 e. The molecule has 0 amide bonds. The summed E-state index contributed by atoms with van der Waals surface area (Å²) >= 11 is 3.53. The smallest absolute Gasteiger partial charge is 0.241 e. The monoisotopic (exact) mass is 218 g/mol. The Balaban J connectivity index is 0.000000461. The molecule has 1 saturated carbocycles. The summed E-state index contributed by atoms with van der Waals surface area (Å²) in [7, 11) is 0. The summed E-state index contributed by atoms with van der Waals surface area (Å²) in [6.07, 6.45) is 3.11. The van der Waals surface area contributed by atoms with Crippen molar-refractivity contribution >= 4 is 12.6 Å². The van der Waals surface area contributed by atoms with Crippen LogP contribution in [0.25, 0.3) is 0 Å². The van der Waals surface area contributed by atoms with Gasteiger partial charge < -0.3 is 0 Å². The van der Waals surface area contributed by atoms with E-state index >= 15 is 0 Å². The number of alkyl halides is 2. The van der Waals surface area contributed by atoms with Gasteiger partial charge in [-0.15, -0.1) is 0 Å². The number of aryl methyl sites for hydroxylation is 1. The largest absolute Gasteiger partial charge is 0.259 e. The molecule has 1 heterocycles. The number of rotatable bonds is 1. The second-order valence-electron chi connectivity index (χ2n) is 3.07. The topological polar surface area (TPSA) is 25.8 Å². The van der Waals surface area contributed by atoms with Gasteiger partial charge in [0.05, 0.1) is 5.92 Å². The lowest BCUT2D eigenvalue weighted by atomic mass is 10.3. The SMILES string of the molecule is CS.Cc1ccnc(C2CC2(F)F)n1. The van der Waals surface area contributed by atoms with Crippen molar-refractivity contribution < 1.29 is 8.78 Å². The average Bonchev–Trinajstić information content (AvgIpc) is 2.79. The highest BCUT2D eigenvalue weighted by molar-refractivity contribution is 7.79. The van der Waals surface area contributed by atoms with Crippen LogP contribution in [0.5, 0.6) is 0 Å². The molecule has 1 unspecified atom stereocenters. The summed E-state index contributed by atoms with van der Waals surface area (Å²) in [6, 6.07) is 1.70. The number of aromatic nitrogens is 2. The Morgan fingerprint density at radius 1 is 1.50 bits per heavy atom. The molecular weight excluding hydrogens is 206 g/mol. The highest BCUT2D eigenvalue weighted by atomic mass is 32.1. The van der Waals surface area contributed by atoms with Crippen molar-refractivity contribution in [1.29, 1.82) is 0 Å². The van der Waals surface area contributed by atoms with Crippen molar-refractivity contribution in [2.45, 2.75) is 25.2 Å². The second kappa shape index (κ2) is 4.21. The molecule has 1 aromatic rings. The standard InChI is InChI=1S/C8H8F2N2.CH4S/c1-5-2-3-11-7(12-5)6-4-8(6,9)10;1-2/h2-3,6H,4H2,1H3;2H,1H3. The van der Waals surface area contributed by atoms with E-state index in [9.17, 15) is 8.78 Å². The minimum atomic E-state index is -2.56. The van der Waals surface area contributed by atoms with Gasteiger partial charge in [0.2, 0.25) is 0 Å². The number of hydrogen-bond acceptors (Lipinski definition) is 3. The van der Waals surface area contributed by atoms with Crippen LogP contribution in [0.15, 0.2) is 12.3 Å². The van der Waals surface area contributed by atoms with Crippen molar-refractivity contribution in [1.82, 2.24) is 9.97 Å². The molecule has 0 bridgehead atoms. The summed E-state index contributed by atoms with van der Waals surface area (Å²) in [5, 5.41) is 0. The second-order valence-corrected chi connectivity index (χ2v) is 3.07. The predicted molar refractivity (Wildman–Crippen MR) is 54.0 cm³/mol. The summed E-state index contributed by atoms with van der Waals surface area (Å²) < 4.78 is 25.1. The first-order chi connectivity index (χ1) is 6.59. The normalized spacial score (nSPS) is 22.2. The molecule has 0 spiro atoms. The molecule has 78 valence electrons. The van der Waals surface area contributed by atoms with E-state index in [1.54, 1.807) is 19.2 Å². The fourth-order valence-electron chi connectivity index (χ4n) is 1.13. The first kappa shape index (κ1) is 11.4. The van der Waals surface area contributed by atoms with Gasteiger partial charge in [0, 0.05) is 18.3 Å². The van der Waals surface area contributed by atoms with Crippen LogP contribution in [0.1, 0.15) is 23.9 Å². The van der Waals surface area contributed by atoms with Gasteiger partial charge in [0.1, 0.15) is 5.82 Å². The van der Waals surface area contributed by atoms with Crippen molar-refractivity contribution in [2.75, 3.05) is 6.26 Å². The number of hydrogen-bond donors (Lipinski definition) is 1. The molecule has 0 radical (unpaired) electrons. The number of halogens is 2. The van der Waals surface area contributed by atoms with E-state index in [1.807, 2.05) is 0 Å². The molecule has 2 nitrogen and oxygen atoms in total. The van der Waals surface area contributed by atoms with Crippen LogP contribution in [0.4, 0.5) is 8.78 Å². The third-order valence-electron chi connectivity index (χ3n) is 1.95. The van der Waals surface area contributed by atoms with E-state index in [4.69, 9.17) is 0 Å². The summed E-state index contributed by atoms with van der Waals surface area (Å²) in [5.74, 6) is -3.02. The molecule has 14 heavy (non-hydrogen) atoms. The third kappa shape index (κ3) is 2.41. The third-order valence-corrected chi connectivity index (χ3v) is 1.95. The maximum Gasteiger partial charge on any atom is 0.259 e. The van der Waals surface area contributed by atoms with Crippen LogP contribution in [0.3, 0.4) is 0 Å². The highest BCUT2D eigenvalue weighted by Crippen LogP contribution is 2.54. The van der Waals surface area contributed by atoms with Gasteiger partial charge in [-0.05, 0) is 19.2 Å². The Kier molecular flexibility index (Phi) is 3.42. The van der Waals surface area contributed by atoms with Crippen LogP contribution in [-0.2, 0) is 0 Å². The van der Waals surface area contributed by atoms with E-state index < -0.39 is 11.8 Å². The molecule has 0 saturated heterocycles. The highest BCUT2D eigenvalue weighted by Gasteiger charge is 2.59. The van der Waals surface area contributed by atoms with E-state index in [1.165, 1.54) is 6.20 Å². The Labute approximate surface area is 87.2 Å². The maximum atomic E-state index is 12.5. The first-order valence-electron chi connectivity index (χ1n) is 4.22. The Morgan fingerprint density at radius 2 is 2.07 bits per heavy atom. The minimum absolute atomic E-state index is 0.101. The lowest BCUT2D eigenvalue weighted by Gasteiger charge is -1.97. The van der Waals surface area contributed by atoms with Gasteiger partial charge in [0.15, 0.2) is 0 Å². The molecular formula is C9H12F2N2S. The Hall–Kier alpha value is -0.710. The number of nitrogens with zero attached hydrogens (tertiary/aromatic N) is 2. The van der Waals surface area contributed by atoms with Gasteiger partial charge in [-0.25, -0.2) is 18.7 Å². The molecule has 0 aliphatic heterocycles. The fourth-order valence-corrected chi connectivity index (χ4v) is 1.13. The summed E-state index contributed by atoms with van der Waals surface area (Å²) in [5.41, 5.74) is 0.739. The van der Waals surface area contributed by atoms with E-state index in [0.29, 0.717) is 0 Å². The van der Waals surface area contributed by atoms with Crippen LogP contribution in [0, 0.1) is 6.92 Å². The molecule has 2 rings (SSSR count). The van der Waals surface area contributed by atoms with Crippen molar-refractivity contribution in [3.05, 3.63) is 23.8 Å². The Bertz CT molecular complexity index is 317. The lowest BCUT2D eigenvalue weighted by molar-refractivity contribution is 0.111. The zero-order valence-electron chi connectivity index (χ0n) is 8.04. The molecule has 1 aliphatic carbocycles. The van der Waals surface area contributed by atoms with E-state index in [-0.39, 0.29) is 12.2 Å². The summed E-state index contributed by atoms with van der Waals surface area (Å²) in [6.45, 7) is 1.77. The Morgan fingerprint density at radius 3 is 2.50 bits per heavy atom. The van der Waals surface area contributed by atoms with Gasteiger partial charge >= 0.3 is 0 Å². The van der Waals surface area contributed by atoms with Crippen LogP contribution in [-0.4, -0.2) is 22.1 Å². The van der Waals surface area contributed by atoms with Crippen LogP contribution >= 0.6 is 12.6 Å². The quantitative estimate of drug-likeness (QED) is 0.733. The molecule has 1 aliphatic rings. The van der Waals surface area contributed by atoms with Gasteiger partial charge in [-0.1, -0.05) is 0 Å². The zero-order chi connectivity index (χ0) is 10.8. The van der Waals surface area contributed by atoms with Gasteiger partial charge in [-0.2, -0.15) is 12.6 Å². The zero-order valence-corrected chi connectivity index (χ0v) is 8.93. The lowest BCUT2D eigenvalue weighted by Crippen LogP contribution is -1.99. The van der Waals surface area contributed by atoms with E-state index in [0.717, 1.165) is 5.69 Å². The van der Waals surface area contributed by atoms with Gasteiger partial charge in [0.25, 0.3) is 5.92 Å². The predicted octanol–water partition coefficient (Wildman–Crippen LogP) is 2.45. The molecule has 1 aromatic heterocycles. The van der Waals surface area contributed by atoms with Crippen molar-refractivity contribution in [3.8, 4) is 0 Å². The first-order valence-corrected chi connectivity index (χ1v) is 5.11. The summed E-state index contributed by atoms with van der Waals surface area (Å²) in [4.78, 5) is 7.75. The molecule has 1 atom stereocenters. The number of thiol groups is 1. The van der Waals surface area contributed by atoms with Crippen LogP contribution in [0.2, 0.25) is 0 Å². The fraction of sp³-hybridized carbons (Fsp3) is 0.556. The molecule has 5 heteroatoms. The van der Waals surface area contributed by atoms with Gasteiger partial charge in [-0.3, -0.25) is 0 Å². The maximum absolute atomic E-state index is 12.5. The average molecular weight is 218 g/mol. The van der Waals surface area contributed by atoms with Crippen LogP contribution < -0.4 is 0 Å². The van der Waals surface area contributed by atoms with Crippen molar-refractivity contribution in [2.24, 2.45) is 0 Å². The van der Waals surface area contributed by atoms with Crippen molar-refractivity contribution in [3.63, 3.8) is 0 Å². The molecule has 1 fully saturated rings. The molecule has 0 N–H and O–H groups in total.